The maximum absolute atomic E-state index is 9.53. The van der Waals surface area contributed by atoms with E-state index in [2.05, 4.69) is 25.6 Å². The van der Waals surface area contributed by atoms with Crippen LogP contribution < -0.4 is 10.6 Å². The zero-order chi connectivity index (χ0) is 14.5. The first-order valence-corrected chi connectivity index (χ1v) is 7.18. The SMILES string of the molecule is OCC(CNc1cc(NC2CC2)ncn1)c1cccnc1. The van der Waals surface area contributed by atoms with Crippen molar-refractivity contribution in [2.75, 3.05) is 23.8 Å². The molecule has 2 aromatic heterocycles. The topological polar surface area (TPSA) is 83.0 Å². The summed E-state index contributed by atoms with van der Waals surface area (Å²) < 4.78 is 0. The molecular weight excluding hydrogens is 266 g/mol. The van der Waals surface area contributed by atoms with Gasteiger partial charge in [0.2, 0.25) is 0 Å². The van der Waals surface area contributed by atoms with E-state index < -0.39 is 0 Å². The van der Waals surface area contributed by atoms with E-state index in [1.807, 2.05) is 18.2 Å². The normalized spacial score (nSPS) is 15.5. The summed E-state index contributed by atoms with van der Waals surface area (Å²) in [5.74, 6) is 1.60. The van der Waals surface area contributed by atoms with Crippen molar-refractivity contribution in [1.82, 2.24) is 15.0 Å². The number of anilines is 2. The third-order valence-corrected chi connectivity index (χ3v) is 3.50. The van der Waals surface area contributed by atoms with Crippen molar-refractivity contribution in [2.24, 2.45) is 0 Å². The summed E-state index contributed by atoms with van der Waals surface area (Å²) in [5, 5.41) is 16.1. The molecule has 1 fully saturated rings. The lowest BCUT2D eigenvalue weighted by atomic mass is 10.0. The minimum Gasteiger partial charge on any atom is -0.396 e. The maximum Gasteiger partial charge on any atom is 0.131 e. The molecule has 21 heavy (non-hydrogen) atoms. The van der Waals surface area contributed by atoms with Gasteiger partial charge in [-0.1, -0.05) is 6.07 Å². The highest BCUT2D eigenvalue weighted by molar-refractivity contribution is 5.47. The number of aromatic nitrogens is 3. The number of hydrogen-bond acceptors (Lipinski definition) is 6. The summed E-state index contributed by atoms with van der Waals surface area (Å²) in [6.45, 7) is 0.666. The van der Waals surface area contributed by atoms with Gasteiger partial charge >= 0.3 is 0 Å². The second-order valence-corrected chi connectivity index (χ2v) is 5.25. The van der Waals surface area contributed by atoms with Crippen LogP contribution >= 0.6 is 0 Å². The molecule has 0 bridgehead atoms. The molecule has 0 saturated heterocycles. The number of aliphatic hydroxyl groups excluding tert-OH is 1. The fourth-order valence-electron chi connectivity index (χ4n) is 2.10. The first kappa shape index (κ1) is 13.8. The van der Waals surface area contributed by atoms with E-state index in [4.69, 9.17) is 0 Å². The van der Waals surface area contributed by atoms with Gasteiger partial charge in [0, 0.05) is 37.0 Å². The molecule has 0 radical (unpaired) electrons. The summed E-state index contributed by atoms with van der Waals surface area (Å²) in [6.07, 6.45) is 7.47. The Bertz CT molecular complexity index is 573. The first-order valence-electron chi connectivity index (χ1n) is 7.18. The van der Waals surface area contributed by atoms with Gasteiger partial charge in [0.25, 0.3) is 0 Å². The van der Waals surface area contributed by atoms with Crippen molar-refractivity contribution >= 4 is 11.6 Å². The van der Waals surface area contributed by atoms with Gasteiger partial charge in [0.15, 0.2) is 0 Å². The number of hydrogen-bond donors (Lipinski definition) is 3. The summed E-state index contributed by atoms with van der Waals surface area (Å²) >= 11 is 0. The van der Waals surface area contributed by atoms with Crippen LogP contribution in [0.5, 0.6) is 0 Å². The molecule has 2 aromatic rings. The monoisotopic (exact) mass is 285 g/mol. The highest BCUT2D eigenvalue weighted by Crippen LogP contribution is 2.24. The standard InChI is InChI=1S/C15H19N5O/c21-9-12(11-2-1-5-16-7-11)8-17-14-6-15(19-10-18-14)20-13-3-4-13/h1-2,5-7,10,12-13,21H,3-4,8-9H2,(H2,17,18,19,20). The van der Waals surface area contributed by atoms with Crippen molar-refractivity contribution in [3.8, 4) is 0 Å². The highest BCUT2D eigenvalue weighted by atomic mass is 16.3. The molecule has 1 aliphatic carbocycles. The average Bonchev–Trinajstić information content (AvgIpc) is 3.33. The van der Waals surface area contributed by atoms with Crippen molar-refractivity contribution < 1.29 is 5.11 Å². The van der Waals surface area contributed by atoms with Crippen LogP contribution in [0, 0.1) is 0 Å². The lowest BCUT2D eigenvalue weighted by Crippen LogP contribution is -2.17. The zero-order valence-electron chi connectivity index (χ0n) is 11.7. The van der Waals surface area contributed by atoms with Crippen LogP contribution in [0.25, 0.3) is 0 Å². The second kappa shape index (κ2) is 6.49. The van der Waals surface area contributed by atoms with Crippen molar-refractivity contribution in [1.29, 1.82) is 0 Å². The molecule has 6 nitrogen and oxygen atoms in total. The third-order valence-electron chi connectivity index (χ3n) is 3.50. The van der Waals surface area contributed by atoms with E-state index in [0.717, 1.165) is 17.2 Å². The molecule has 1 saturated carbocycles. The molecule has 6 heteroatoms. The van der Waals surface area contributed by atoms with Crippen LogP contribution in [0.15, 0.2) is 36.9 Å². The molecule has 1 aliphatic rings. The zero-order valence-corrected chi connectivity index (χ0v) is 11.7. The van der Waals surface area contributed by atoms with Crippen LogP contribution in [-0.2, 0) is 0 Å². The summed E-state index contributed by atoms with van der Waals surface area (Å²) in [4.78, 5) is 12.5. The number of aliphatic hydroxyl groups is 1. The lowest BCUT2D eigenvalue weighted by molar-refractivity contribution is 0.269. The largest absolute Gasteiger partial charge is 0.396 e. The van der Waals surface area contributed by atoms with Crippen LogP contribution in [-0.4, -0.2) is 39.3 Å². The minimum absolute atomic E-state index is 0.00601. The predicted molar refractivity (Wildman–Crippen MR) is 81.2 cm³/mol. The third kappa shape index (κ3) is 3.88. The molecule has 1 atom stereocenters. The average molecular weight is 285 g/mol. The number of nitrogens with one attached hydrogen (secondary N) is 2. The van der Waals surface area contributed by atoms with Crippen LogP contribution in [0.2, 0.25) is 0 Å². The molecule has 3 rings (SSSR count). The van der Waals surface area contributed by atoms with E-state index in [1.165, 1.54) is 12.8 Å². The van der Waals surface area contributed by atoms with Gasteiger partial charge in [-0.05, 0) is 24.5 Å². The van der Waals surface area contributed by atoms with Gasteiger partial charge < -0.3 is 15.7 Å². The summed E-state index contributed by atoms with van der Waals surface area (Å²) in [7, 11) is 0. The molecule has 3 N–H and O–H groups in total. The van der Waals surface area contributed by atoms with E-state index in [1.54, 1.807) is 18.7 Å². The van der Waals surface area contributed by atoms with E-state index in [0.29, 0.717) is 12.6 Å². The van der Waals surface area contributed by atoms with E-state index in [9.17, 15) is 5.11 Å². The number of nitrogens with zero attached hydrogens (tertiary/aromatic N) is 3. The van der Waals surface area contributed by atoms with Gasteiger partial charge in [-0.3, -0.25) is 4.98 Å². The number of pyridine rings is 1. The van der Waals surface area contributed by atoms with Crippen LogP contribution in [0.1, 0.15) is 24.3 Å². The molecular formula is C15H19N5O. The van der Waals surface area contributed by atoms with E-state index >= 15 is 0 Å². The Kier molecular flexibility index (Phi) is 4.25. The lowest BCUT2D eigenvalue weighted by Gasteiger charge is -2.15. The Morgan fingerprint density at radius 1 is 1.29 bits per heavy atom. The Morgan fingerprint density at radius 3 is 2.86 bits per heavy atom. The quantitative estimate of drug-likeness (QED) is 0.717. The van der Waals surface area contributed by atoms with Gasteiger partial charge in [0.1, 0.15) is 18.0 Å². The molecule has 1 unspecified atom stereocenters. The molecule has 0 aromatic carbocycles. The first-order chi connectivity index (χ1) is 10.3. The highest BCUT2D eigenvalue weighted by Gasteiger charge is 2.21. The fourth-order valence-corrected chi connectivity index (χ4v) is 2.10. The Morgan fingerprint density at radius 2 is 2.14 bits per heavy atom. The van der Waals surface area contributed by atoms with Crippen LogP contribution in [0.4, 0.5) is 11.6 Å². The van der Waals surface area contributed by atoms with Gasteiger partial charge in [-0.2, -0.15) is 0 Å². The second-order valence-electron chi connectivity index (χ2n) is 5.25. The van der Waals surface area contributed by atoms with Gasteiger partial charge in [-0.15, -0.1) is 0 Å². The van der Waals surface area contributed by atoms with Crippen molar-refractivity contribution in [3.63, 3.8) is 0 Å². The molecule has 0 spiro atoms. The maximum atomic E-state index is 9.53. The van der Waals surface area contributed by atoms with Crippen LogP contribution in [0.3, 0.4) is 0 Å². The predicted octanol–water partition coefficient (Wildman–Crippen LogP) is 1.63. The van der Waals surface area contributed by atoms with Crippen molar-refractivity contribution in [2.45, 2.75) is 24.8 Å². The van der Waals surface area contributed by atoms with Gasteiger partial charge in [-0.25, -0.2) is 9.97 Å². The van der Waals surface area contributed by atoms with Crippen molar-refractivity contribution in [3.05, 3.63) is 42.5 Å². The molecule has 0 aliphatic heterocycles. The smallest absolute Gasteiger partial charge is 0.131 e. The number of rotatable bonds is 7. The molecule has 110 valence electrons. The van der Waals surface area contributed by atoms with Gasteiger partial charge in [0.05, 0.1) is 6.61 Å². The summed E-state index contributed by atoms with van der Waals surface area (Å²) in [5.41, 5.74) is 1.01. The summed E-state index contributed by atoms with van der Waals surface area (Å²) in [6, 6.07) is 6.31. The minimum atomic E-state index is -0.00601. The fraction of sp³-hybridized carbons (Fsp3) is 0.400. The Labute approximate surface area is 123 Å². The molecule has 2 heterocycles. The Balaban J connectivity index is 1.60. The van der Waals surface area contributed by atoms with E-state index in [-0.39, 0.29) is 12.5 Å². The Hall–Kier alpha value is -2.21. The molecule has 0 amide bonds.